The van der Waals surface area contributed by atoms with Gasteiger partial charge in [0.2, 0.25) is 5.95 Å². The molecule has 0 amide bonds. The zero-order valence-electron chi connectivity index (χ0n) is 12.2. The molecule has 1 aromatic heterocycles. The second-order valence-electron chi connectivity index (χ2n) is 5.16. The highest BCUT2D eigenvalue weighted by Gasteiger charge is 2.22. The molecule has 3 heterocycles. The Morgan fingerprint density at radius 2 is 1.52 bits per heavy atom. The lowest BCUT2D eigenvalue weighted by atomic mass is 10.2. The van der Waals surface area contributed by atoms with E-state index in [1.165, 1.54) is 0 Å². The number of nitrogens with zero attached hydrogens (tertiary/aromatic N) is 4. The van der Waals surface area contributed by atoms with Gasteiger partial charge in [0.15, 0.2) is 6.29 Å². The molecule has 0 saturated carbocycles. The molecule has 114 valence electrons. The van der Waals surface area contributed by atoms with Crippen molar-refractivity contribution in [2.24, 2.45) is 0 Å². The summed E-state index contributed by atoms with van der Waals surface area (Å²) >= 11 is 0. The summed E-state index contributed by atoms with van der Waals surface area (Å²) in [6, 6.07) is 0. The number of ether oxygens (including phenoxy) is 2. The molecule has 0 unspecified atom stereocenters. The number of morpholine rings is 2. The van der Waals surface area contributed by atoms with Crippen LogP contribution in [0.4, 0.5) is 11.8 Å². The Morgan fingerprint density at radius 3 is 2.10 bits per heavy atom. The number of rotatable bonds is 3. The third kappa shape index (κ3) is 2.98. The van der Waals surface area contributed by atoms with Gasteiger partial charge in [-0.25, -0.2) is 4.98 Å². The number of carbonyl (C=O) groups excluding carboxylic acids is 1. The van der Waals surface area contributed by atoms with Crippen LogP contribution < -0.4 is 9.80 Å². The summed E-state index contributed by atoms with van der Waals surface area (Å²) in [5.41, 5.74) is 1.30. The van der Waals surface area contributed by atoms with Crippen LogP contribution in [-0.4, -0.2) is 68.9 Å². The highest BCUT2D eigenvalue weighted by Crippen LogP contribution is 2.23. The van der Waals surface area contributed by atoms with Crippen LogP contribution in [0.15, 0.2) is 0 Å². The minimum Gasteiger partial charge on any atom is -0.378 e. The summed E-state index contributed by atoms with van der Waals surface area (Å²) in [5, 5.41) is 0. The third-order valence-electron chi connectivity index (χ3n) is 3.83. The van der Waals surface area contributed by atoms with Crippen molar-refractivity contribution < 1.29 is 14.3 Å². The average Bonchev–Trinajstić information content (AvgIpc) is 2.55. The molecule has 7 nitrogen and oxygen atoms in total. The second kappa shape index (κ2) is 6.36. The normalized spacial score (nSPS) is 19.7. The molecule has 2 fully saturated rings. The standard InChI is InChI=1S/C14H20N4O3/c1-11-12(10-19)13(17-2-6-20-7-3-17)16-14(15-11)18-4-8-21-9-5-18/h10H,2-9H2,1H3. The van der Waals surface area contributed by atoms with Crippen molar-refractivity contribution >= 4 is 18.1 Å². The molecule has 0 N–H and O–H groups in total. The Labute approximate surface area is 123 Å². The molecule has 21 heavy (non-hydrogen) atoms. The van der Waals surface area contributed by atoms with Crippen LogP contribution in [0.3, 0.4) is 0 Å². The zero-order chi connectivity index (χ0) is 14.7. The van der Waals surface area contributed by atoms with Crippen LogP contribution in [0.2, 0.25) is 0 Å². The van der Waals surface area contributed by atoms with E-state index in [0.29, 0.717) is 37.9 Å². The average molecular weight is 292 g/mol. The van der Waals surface area contributed by atoms with E-state index in [9.17, 15) is 4.79 Å². The van der Waals surface area contributed by atoms with Crippen LogP contribution in [-0.2, 0) is 9.47 Å². The van der Waals surface area contributed by atoms with E-state index in [0.717, 1.165) is 44.0 Å². The first-order valence-electron chi connectivity index (χ1n) is 7.29. The summed E-state index contributed by atoms with van der Waals surface area (Å²) < 4.78 is 10.7. The van der Waals surface area contributed by atoms with Crippen molar-refractivity contribution in [3.05, 3.63) is 11.3 Å². The van der Waals surface area contributed by atoms with E-state index in [2.05, 4.69) is 19.8 Å². The maximum absolute atomic E-state index is 11.4. The smallest absolute Gasteiger partial charge is 0.227 e. The number of anilines is 2. The van der Waals surface area contributed by atoms with E-state index in [-0.39, 0.29) is 0 Å². The summed E-state index contributed by atoms with van der Waals surface area (Å²) in [6.07, 6.45) is 0.850. The molecule has 0 radical (unpaired) electrons. The second-order valence-corrected chi connectivity index (χ2v) is 5.16. The van der Waals surface area contributed by atoms with E-state index >= 15 is 0 Å². The van der Waals surface area contributed by atoms with Crippen molar-refractivity contribution in [1.82, 2.24) is 9.97 Å². The molecule has 3 rings (SSSR count). The van der Waals surface area contributed by atoms with E-state index in [1.54, 1.807) is 0 Å². The fourth-order valence-electron chi connectivity index (χ4n) is 2.61. The number of aldehydes is 1. The lowest BCUT2D eigenvalue weighted by Crippen LogP contribution is -2.40. The molecule has 0 atom stereocenters. The van der Waals surface area contributed by atoms with Gasteiger partial charge in [-0.2, -0.15) is 4.98 Å². The molecule has 0 bridgehead atoms. The van der Waals surface area contributed by atoms with Gasteiger partial charge >= 0.3 is 0 Å². The topological polar surface area (TPSA) is 67.8 Å². The largest absolute Gasteiger partial charge is 0.378 e. The molecule has 0 aromatic carbocycles. The summed E-state index contributed by atoms with van der Waals surface area (Å²) in [5.74, 6) is 1.41. The summed E-state index contributed by atoms with van der Waals surface area (Å²) in [4.78, 5) is 24.8. The zero-order valence-corrected chi connectivity index (χ0v) is 12.2. The minimum atomic E-state index is 0.578. The van der Waals surface area contributed by atoms with Gasteiger partial charge in [-0.3, -0.25) is 4.79 Å². The van der Waals surface area contributed by atoms with Gasteiger partial charge in [-0.05, 0) is 6.92 Å². The lowest BCUT2D eigenvalue weighted by molar-refractivity contribution is 0.111. The molecule has 1 aromatic rings. The Kier molecular flexibility index (Phi) is 4.31. The number of carbonyl (C=O) groups is 1. The molecule has 2 aliphatic rings. The van der Waals surface area contributed by atoms with Gasteiger partial charge < -0.3 is 19.3 Å². The summed E-state index contributed by atoms with van der Waals surface area (Å²) in [6.45, 7) is 7.61. The maximum atomic E-state index is 11.4. The van der Waals surface area contributed by atoms with Crippen LogP contribution in [0.5, 0.6) is 0 Å². The van der Waals surface area contributed by atoms with Gasteiger partial charge in [-0.1, -0.05) is 0 Å². The number of hydrogen-bond acceptors (Lipinski definition) is 7. The highest BCUT2D eigenvalue weighted by atomic mass is 16.5. The monoisotopic (exact) mass is 292 g/mol. The fourth-order valence-corrected chi connectivity index (χ4v) is 2.61. The van der Waals surface area contributed by atoms with Crippen molar-refractivity contribution in [3.8, 4) is 0 Å². The van der Waals surface area contributed by atoms with Gasteiger partial charge in [0.25, 0.3) is 0 Å². The Bertz CT molecular complexity index is 511. The first kappa shape index (κ1) is 14.2. The van der Waals surface area contributed by atoms with Crippen molar-refractivity contribution in [1.29, 1.82) is 0 Å². The molecule has 7 heteroatoms. The Balaban J connectivity index is 1.95. The third-order valence-corrected chi connectivity index (χ3v) is 3.83. The Hall–Kier alpha value is -1.73. The fraction of sp³-hybridized carbons (Fsp3) is 0.643. The first-order chi connectivity index (χ1) is 10.3. The molecule has 2 aliphatic heterocycles. The predicted octanol–water partition coefficient (Wildman–Crippen LogP) is 0.271. The van der Waals surface area contributed by atoms with Crippen LogP contribution in [0.25, 0.3) is 0 Å². The van der Waals surface area contributed by atoms with Gasteiger partial charge in [0.1, 0.15) is 5.82 Å². The van der Waals surface area contributed by atoms with E-state index in [1.807, 2.05) is 6.92 Å². The number of aromatic nitrogens is 2. The Morgan fingerprint density at radius 1 is 0.952 bits per heavy atom. The highest BCUT2D eigenvalue weighted by molar-refractivity contribution is 5.84. The SMILES string of the molecule is Cc1nc(N2CCOCC2)nc(N2CCOCC2)c1C=O. The molecular formula is C14H20N4O3. The molecule has 2 saturated heterocycles. The molecule has 0 spiro atoms. The maximum Gasteiger partial charge on any atom is 0.227 e. The lowest BCUT2D eigenvalue weighted by Gasteiger charge is -2.31. The van der Waals surface area contributed by atoms with Crippen molar-refractivity contribution in [2.45, 2.75) is 6.92 Å². The van der Waals surface area contributed by atoms with Crippen molar-refractivity contribution in [2.75, 3.05) is 62.4 Å². The van der Waals surface area contributed by atoms with Crippen LogP contribution in [0, 0.1) is 6.92 Å². The molecule has 0 aliphatic carbocycles. The molecular weight excluding hydrogens is 272 g/mol. The van der Waals surface area contributed by atoms with Crippen molar-refractivity contribution in [3.63, 3.8) is 0 Å². The van der Waals surface area contributed by atoms with Crippen LogP contribution in [0.1, 0.15) is 16.1 Å². The van der Waals surface area contributed by atoms with Gasteiger partial charge in [0.05, 0.1) is 37.7 Å². The van der Waals surface area contributed by atoms with Crippen LogP contribution >= 0.6 is 0 Å². The number of hydrogen-bond donors (Lipinski definition) is 0. The predicted molar refractivity (Wildman–Crippen MR) is 78.2 cm³/mol. The van der Waals surface area contributed by atoms with Gasteiger partial charge in [0, 0.05) is 26.2 Å². The van der Waals surface area contributed by atoms with Gasteiger partial charge in [-0.15, -0.1) is 0 Å². The quantitative estimate of drug-likeness (QED) is 0.741. The first-order valence-corrected chi connectivity index (χ1v) is 7.29. The van der Waals surface area contributed by atoms with E-state index in [4.69, 9.17) is 9.47 Å². The summed E-state index contributed by atoms with van der Waals surface area (Å²) in [7, 11) is 0. The van der Waals surface area contributed by atoms with E-state index < -0.39 is 0 Å². The minimum absolute atomic E-state index is 0.578. The number of aryl methyl sites for hydroxylation is 1.